The Labute approximate surface area is 217 Å². The summed E-state index contributed by atoms with van der Waals surface area (Å²) >= 11 is 7.10. The number of hydrogen-bond acceptors (Lipinski definition) is 10. The summed E-state index contributed by atoms with van der Waals surface area (Å²) in [6, 6.07) is 14.2. The van der Waals surface area contributed by atoms with Crippen LogP contribution >= 0.6 is 23.1 Å². The molecule has 0 bridgehead atoms. The number of halogens is 1. The SMILES string of the molecule is CCOc1cc(/C=C(/C#N)C(=O)Nc2nc(S(C)(=O)=O)ns2)cc(Cl)c1OCCOc1ccccc1. The first-order valence-corrected chi connectivity index (χ1v) is 13.5. The molecule has 3 rings (SSSR count). The standard InChI is InChI=1S/C23H21ClN4O6S2/c1-3-32-19-13-15(12-18(24)20(19)34-10-9-33-17-7-5-4-6-8-17)11-16(14-25)21(29)26-22-27-23(28-35-22)36(2,30)31/h4-8,11-13H,3,9-10H2,1-2H3,(H,26,27,28,29)/b16-11-. The number of hydrogen-bond donors (Lipinski definition) is 1. The molecule has 0 fully saturated rings. The first kappa shape index (κ1) is 26.9. The molecule has 13 heteroatoms. The van der Waals surface area contributed by atoms with Crippen molar-refractivity contribution in [3.05, 3.63) is 58.6 Å². The molecule has 0 aliphatic rings. The van der Waals surface area contributed by atoms with Gasteiger partial charge in [-0.15, -0.1) is 0 Å². The molecular weight excluding hydrogens is 528 g/mol. The van der Waals surface area contributed by atoms with Gasteiger partial charge < -0.3 is 14.2 Å². The Kier molecular flexibility index (Phi) is 9.24. The predicted molar refractivity (Wildman–Crippen MR) is 135 cm³/mol. The molecule has 1 aromatic heterocycles. The second-order valence-electron chi connectivity index (χ2n) is 7.05. The molecule has 0 saturated heterocycles. The molecule has 188 valence electrons. The number of anilines is 1. The topological polar surface area (TPSA) is 140 Å². The number of ether oxygens (including phenoxy) is 3. The number of para-hydroxylation sites is 1. The van der Waals surface area contributed by atoms with Crippen LogP contribution in [-0.2, 0) is 14.6 Å². The summed E-state index contributed by atoms with van der Waals surface area (Å²) in [5.41, 5.74) is 0.145. The van der Waals surface area contributed by atoms with E-state index in [1.54, 1.807) is 19.1 Å². The van der Waals surface area contributed by atoms with Crippen molar-refractivity contribution in [2.75, 3.05) is 31.4 Å². The molecule has 0 atom stereocenters. The molecule has 0 spiro atoms. The first-order chi connectivity index (χ1) is 17.2. The van der Waals surface area contributed by atoms with Crippen LogP contribution < -0.4 is 19.5 Å². The van der Waals surface area contributed by atoms with Gasteiger partial charge in [-0.25, -0.2) is 8.42 Å². The number of carbonyl (C=O) groups excluding carboxylic acids is 1. The Morgan fingerprint density at radius 2 is 1.92 bits per heavy atom. The van der Waals surface area contributed by atoms with Gasteiger partial charge in [0, 0.05) is 17.8 Å². The largest absolute Gasteiger partial charge is 0.490 e. The first-order valence-electron chi connectivity index (χ1n) is 10.4. The van der Waals surface area contributed by atoms with Gasteiger partial charge in [-0.05, 0) is 42.8 Å². The van der Waals surface area contributed by atoms with Gasteiger partial charge in [-0.1, -0.05) is 29.8 Å². The molecule has 0 aliphatic heterocycles. The molecule has 1 heterocycles. The lowest BCUT2D eigenvalue weighted by Gasteiger charge is -2.15. The maximum absolute atomic E-state index is 12.5. The van der Waals surface area contributed by atoms with E-state index in [1.807, 2.05) is 30.3 Å². The number of benzene rings is 2. The third-order valence-corrected chi connectivity index (χ3v) is 6.18. The van der Waals surface area contributed by atoms with E-state index >= 15 is 0 Å². The average Bonchev–Trinajstić information content (AvgIpc) is 3.31. The van der Waals surface area contributed by atoms with Crippen molar-refractivity contribution in [2.45, 2.75) is 12.1 Å². The fourth-order valence-electron chi connectivity index (χ4n) is 2.79. The molecule has 0 radical (unpaired) electrons. The summed E-state index contributed by atoms with van der Waals surface area (Å²) < 4.78 is 43.7. The van der Waals surface area contributed by atoms with Gasteiger partial charge >= 0.3 is 0 Å². The summed E-state index contributed by atoms with van der Waals surface area (Å²) in [7, 11) is -3.63. The Bertz CT molecular complexity index is 1400. The highest BCUT2D eigenvalue weighted by molar-refractivity contribution is 7.90. The fourth-order valence-corrected chi connectivity index (χ4v) is 4.50. The zero-order valence-electron chi connectivity index (χ0n) is 19.2. The lowest BCUT2D eigenvalue weighted by Crippen LogP contribution is -2.13. The predicted octanol–water partition coefficient (Wildman–Crippen LogP) is 4.00. The van der Waals surface area contributed by atoms with Crippen LogP contribution in [0.25, 0.3) is 6.08 Å². The average molecular weight is 549 g/mol. The second kappa shape index (κ2) is 12.3. The molecule has 1 amide bonds. The molecule has 1 N–H and O–H groups in total. The number of nitrogens with one attached hydrogen (secondary N) is 1. The molecule has 0 unspecified atom stereocenters. The second-order valence-corrected chi connectivity index (χ2v) is 10.1. The van der Waals surface area contributed by atoms with Crippen molar-refractivity contribution in [3.8, 4) is 23.3 Å². The van der Waals surface area contributed by atoms with Crippen molar-refractivity contribution in [2.24, 2.45) is 0 Å². The van der Waals surface area contributed by atoms with Crippen LogP contribution in [0.2, 0.25) is 5.02 Å². The summed E-state index contributed by atoms with van der Waals surface area (Å²) in [6.45, 7) is 2.59. The van der Waals surface area contributed by atoms with Crippen LogP contribution in [0.5, 0.6) is 17.2 Å². The molecule has 0 aliphatic carbocycles. The lowest BCUT2D eigenvalue weighted by molar-refractivity contribution is -0.112. The Hall–Kier alpha value is -3.66. The third-order valence-electron chi connectivity index (χ3n) is 4.31. The minimum absolute atomic E-state index is 0.0592. The normalized spacial score (nSPS) is 11.4. The van der Waals surface area contributed by atoms with Crippen LogP contribution in [0.4, 0.5) is 5.13 Å². The number of amides is 1. The Morgan fingerprint density at radius 3 is 2.56 bits per heavy atom. The van der Waals surface area contributed by atoms with Crippen molar-refractivity contribution < 1.29 is 27.4 Å². The van der Waals surface area contributed by atoms with Crippen molar-refractivity contribution in [1.82, 2.24) is 9.36 Å². The highest BCUT2D eigenvalue weighted by Crippen LogP contribution is 2.37. The van der Waals surface area contributed by atoms with E-state index in [1.165, 1.54) is 12.1 Å². The molecule has 3 aromatic rings. The van der Waals surface area contributed by atoms with E-state index in [0.717, 1.165) is 6.26 Å². The third kappa shape index (κ3) is 7.42. The number of carbonyl (C=O) groups is 1. The zero-order chi connectivity index (χ0) is 26.1. The Balaban J connectivity index is 1.74. The van der Waals surface area contributed by atoms with E-state index in [0.29, 0.717) is 41.0 Å². The van der Waals surface area contributed by atoms with Gasteiger partial charge in [-0.2, -0.15) is 14.6 Å². The van der Waals surface area contributed by atoms with E-state index in [9.17, 15) is 18.5 Å². The van der Waals surface area contributed by atoms with Gasteiger partial charge in [0.25, 0.3) is 11.1 Å². The van der Waals surface area contributed by atoms with E-state index in [-0.39, 0.29) is 28.9 Å². The number of sulfone groups is 1. The number of aromatic nitrogens is 2. The van der Waals surface area contributed by atoms with E-state index in [2.05, 4.69) is 14.7 Å². The van der Waals surface area contributed by atoms with Crippen molar-refractivity contribution in [3.63, 3.8) is 0 Å². The number of nitriles is 1. The van der Waals surface area contributed by atoms with E-state index < -0.39 is 20.9 Å². The lowest BCUT2D eigenvalue weighted by atomic mass is 10.1. The van der Waals surface area contributed by atoms with Gasteiger partial charge in [0.05, 0.1) is 11.6 Å². The van der Waals surface area contributed by atoms with Crippen LogP contribution in [-0.4, -0.2) is 49.8 Å². The minimum atomic E-state index is -3.63. The van der Waals surface area contributed by atoms with Crippen LogP contribution in [0, 0.1) is 11.3 Å². The van der Waals surface area contributed by atoms with Crippen LogP contribution in [0.1, 0.15) is 12.5 Å². The molecule has 0 saturated carbocycles. The van der Waals surface area contributed by atoms with Gasteiger partial charge in [0.15, 0.2) is 11.5 Å². The number of nitrogens with zero attached hydrogens (tertiary/aromatic N) is 3. The highest BCUT2D eigenvalue weighted by Gasteiger charge is 2.18. The summed E-state index contributed by atoms with van der Waals surface area (Å²) in [5, 5.41) is 11.6. The van der Waals surface area contributed by atoms with Gasteiger partial charge in [0.2, 0.25) is 15.0 Å². The van der Waals surface area contributed by atoms with Crippen LogP contribution in [0.3, 0.4) is 0 Å². The Morgan fingerprint density at radius 1 is 1.19 bits per heavy atom. The van der Waals surface area contributed by atoms with Crippen molar-refractivity contribution in [1.29, 1.82) is 5.26 Å². The number of rotatable bonds is 11. The zero-order valence-corrected chi connectivity index (χ0v) is 21.6. The quantitative estimate of drug-likeness (QED) is 0.214. The van der Waals surface area contributed by atoms with Crippen LogP contribution in [0.15, 0.2) is 53.2 Å². The highest BCUT2D eigenvalue weighted by atomic mass is 35.5. The fraction of sp³-hybridized carbons (Fsp3) is 0.217. The summed E-state index contributed by atoms with van der Waals surface area (Å²) in [6.07, 6.45) is 2.26. The smallest absolute Gasteiger partial charge is 0.268 e. The van der Waals surface area contributed by atoms with Gasteiger partial charge in [0.1, 0.15) is 30.6 Å². The maximum atomic E-state index is 12.5. The summed E-state index contributed by atoms with van der Waals surface area (Å²) in [5.74, 6) is 0.551. The van der Waals surface area contributed by atoms with Crippen molar-refractivity contribution >= 4 is 50.1 Å². The monoisotopic (exact) mass is 548 g/mol. The van der Waals surface area contributed by atoms with Gasteiger partial charge in [-0.3, -0.25) is 10.1 Å². The molecule has 10 nitrogen and oxygen atoms in total. The van der Waals surface area contributed by atoms with E-state index in [4.69, 9.17) is 25.8 Å². The molecule has 36 heavy (non-hydrogen) atoms. The summed E-state index contributed by atoms with van der Waals surface area (Å²) in [4.78, 5) is 16.3. The minimum Gasteiger partial charge on any atom is -0.490 e. The molecular formula is C23H21ClN4O6S2. The maximum Gasteiger partial charge on any atom is 0.268 e. The molecule has 2 aromatic carbocycles.